The number of furan rings is 1. The molecule has 5 aromatic carbocycles. The summed E-state index contributed by atoms with van der Waals surface area (Å²) in [5, 5.41) is 42.3. The average Bonchev–Trinajstić information content (AvgIpc) is 1.60. The highest BCUT2D eigenvalue weighted by atomic mass is 32.2. The molecule has 0 saturated heterocycles. The van der Waals surface area contributed by atoms with Gasteiger partial charge in [-0.15, -0.1) is 12.8 Å². The van der Waals surface area contributed by atoms with Gasteiger partial charge in [0.1, 0.15) is 34.2 Å². The Hall–Kier alpha value is -15.5. The van der Waals surface area contributed by atoms with Crippen LogP contribution in [0.15, 0.2) is 248 Å². The largest absolute Gasteiger partial charge is 0.463 e. The lowest BCUT2D eigenvalue weighted by molar-refractivity contribution is 0.0999. The second kappa shape index (κ2) is 38.2. The fourth-order valence-electron chi connectivity index (χ4n) is 13.7. The van der Waals surface area contributed by atoms with E-state index >= 15 is 0 Å². The monoisotopic (exact) mass is 1860 g/mol. The summed E-state index contributed by atoms with van der Waals surface area (Å²) in [4.78, 5) is 84.3. The number of benzene rings is 5. The number of terminal acetylenes is 2. The number of hydrogen-bond acceptors (Lipinski definition) is 29. The molecule has 12 N–H and O–H groups in total. The number of fused-ring (bicyclic) bond motifs is 6. The van der Waals surface area contributed by atoms with E-state index in [-0.39, 0.29) is 84.1 Å². The van der Waals surface area contributed by atoms with Crippen molar-refractivity contribution in [3.05, 3.63) is 270 Å². The lowest BCUT2D eigenvalue weighted by Crippen LogP contribution is -2.31. The van der Waals surface area contributed by atoms with Gasteiger partial charge in [-0.3, -0.25) is 33.9 Å². The summed E-state index contributed by atoms with van der Waals surface area (Å²) in [6, 6.07) is 45.5. The van der Waals surface area contributed by atoms with Crippen LogP contribution in [0.3, 0.4) is 0 Å². The van der Waals surface area contributed by atoms with Crippen molar-refractivity contribution in [2.24, 2.45) is 20.6 Å². The predicted octanol–water partition coefficient (Wildman–Crippen LogP) is 7.88. The average molecular weight is 1860 g/mol. The van der Waals surface area contributed by atoms with E-state index in [0.29, 0.717) is 123 Å². The van der Waals surface area contributed by atoms with E-state index < -0.39 is 50.1 Å². The standard InChI is InChI=1S/C23H20N6O3S.C17H16N6O3S.2C16H14N4O3S.C15H13N3O4S/c1-4-12-28(13-5-2)33(31,32)18-9-7-17(8-10-18)29-22-19(20(27-29)15(3)30)11-6-16-14-25-23(24)26-21(16)22;1-9(24)14-13-7-2-10-8-20-17(18)21-15(10)16(13)23(22-14)11-3-5-12(6-4-11)27(19,25)26;1-11(21)15-10-16(12-6-8-18-9-7-12)20(19-15)13-2-4-14(5-3-13)24(17,22)23;1-11(21)15-9-16(12-3-2-8-18-10-12)20(19-15)13-4-6-14(7-5-13)24(17,22)23;1-10(19)13-9-14(15-3-2-8-22-15)18(17-13)11-4-6-12(7-5-11)23(16,20)21/h1-2,7-10,14H,6,11-13H2,3H3,(H2,24,25,26);3-6,8H,2,7H2,1H3,(H2,18,20,21)(H2,19,25,26);2*2-10H,1H3,(H2,17,22,23);2-9H,1H3,(H2,16,20,21). The number of pyridine rings is 2. The van der Waals surface area contributed by atoms with E-state index in [4.69, 9.17) is 49.3 Å². The molecule has 0 spiro atoms. The molecule has 0 fully saturated rings. The number of nitrogen functional groups attached to an aromatic ring is 2. The molecule has 39 nitrogen and oxygen atoms in total. The highest BCUT2D eigenvalue weighted by molar-refractivity contribution is 7.90. The Morgan fingerprint density at radius 2 is 0.748 bits per heavy atom. The molecule has 0 aliphatic heterocycles. The Kier molecular flexibility index (Phi) is 27.2. The summed E-state index contributed by atoms with van der Waals surface area (Å²) in [7, 11) is -19.0. The van der Waals surface area contributed by atoms with Crippen molar-refractivity contribution < 1.29 is 70.5 Å². The number of ketones is 5. The van der Waals surface area contributed by atoms with Gasteiger partial charge in [-0.05, 0) is 213 Å². The zero-order valence-electron chi connectivity index (χ0n) is 69.8. The molecule has 0 saturated carbocycles. The molecule has 0 atom stereocenters. The van der Waals surface area contributed by atoms with E-state index in [0.717, 1.165) is 37.7 Å². The smallest absolute Gasteiger partial charge is 0.244 e. The highest BCUT2D eigenvalue weighted by Gasteiger charge is 2.33. The number of Topliss-reactive ketones (excluding diaryl/α,β-unsaturated/α-hetero) is 5. The van der Waals surface area contributed by atoms with Gasteiger partial charge >= 0.3 is 0 Å². The number of carbonyl (C=O) groups excluding carboxylic acids is 5. The Morgan fingerprint density at radius 1 is 0.397 bits per heavy atom. The topological polar surface area (TPSA) is 595 Å². The van der Waals surface area contributed by atoms with Gasteiger partial charge in [0.15, 0.2) is 34.7 Å². The molecule has 2 aliphatic carbocycles. The van der Waals surface area contributed by atoms with E-state index in [1.807, 2.05) is 6.07 Å². The van der Waals surface area contributed by atoms with E-state index in [1.165, 1.54) is 106 Å². The molecule has 10 aromatic heterocycles. The summed E-state index contributed by atoms with van der Waals surface area (Å²) < 4.78 is 131. The van der Waals surface area contributed by atoms with Crippen molar-refractivity contribution in [1.82, 2.24) is 83.1 Å². The highest BCUT2D eigenvalue weighted by Crippen LogP contribution is 2.39. The number of sulfonamides is 5. The minimum absolute atomic E-state index is 0.000235. The van der Waals surface area contributed by atoms with Crippen LogP contribution < -0.4 is 32.0 Å². The number of aryl methyl sites for hydroxylation is 2. The van der Waals surface area contributed by atoms with Crippen LogP contribution in [0.2, 0.25) is 0 Å². The molecule has 15 aromatic rings. The molecular weight excluding hydrogens is 1780 g/mol. The number of nitrogens with zero attached hydrogens (tertiary/aromatic N) is 17. The number of hydrogen-bond donors (Lipinski definition) is 6. The first kappa shape index (κ1) is 93.2. The number of anilines is 2. The van der Waals surface area contributed by atoms with Crippen LogP contribution in [0.4, 0.5) is 11.9 Å². The first-order valence-corrected chi connectivity index (χ1v) is 46.4. The van der Waals surface area contributed by atoms with Gasteiger partial charge in [0, 0.05) is 94.1 Å². The quantitative estimate of drug-likeness (QED) is 0.0294. The minimum Gasteiger partial charge on any atom is -0.463 e. The molecule has 666 valence electrons. The number of rotatable bonds is 21. The van der Waals surface area contributed by atoms with Gasteiger partial charge in [-0.1, -0.05) is 11.8 Å². The van der Waals surface area contributed by atoms with Crippen molar-refractivity contribution in [2.45, 2.75) is 84.8 Å². The maximum absolute atomic E-state index is 12.9. The second-order valence-corrected chi connectivity index (χ2v) is 37.1. The van der Waals surface area contributed by atoms with Crippen LogP contribution >= 0.6 is 0 Å². The summed E-state index contributed by atoms with van der Waals surface area (Å²) in [6.07, 6.45) is 24.6. The fourth-order valence-corrected chi connectivity index (χ4v) is 17.0. The van der Waals surface area contributed by atoms with Gasteiger partial charge in [0.2, 0.25) is 62.0 Å². The number of primary sulfonamides is 4. The number of aromatic nitrogens is 16. The molecule has 131 heavy (non-hydrogen) atoms. The zero-order chi connectivity index (χ0) is 94.3. The molecule has 0 bridgehead atoms. The van der Waals surface area contributed by atoms with Crippen LogP contribution in [0.25, 0.3) is 85.2 Å². The van der Waals surface area contributed by atoms with Crippen molar-refractivity contribution in [2.75, 3.05) is 24.6 Å². The van der Waals surface area contributed by atoms with E-state index in [1.54, 1.807) is 165 Å². The predicted molar refractivity (Wildman–Crippen MR) is 480 cm³/mol. The van der Waals surface area contributed by atoms with Gasteiger partial charge in [0.25, 0.3) is 0 Å². The van der Waals surface area contributed by atoms with Gasteiger partial charge in [-0.25, -0.2) is 106 Å². The Labute approximate surface area is 749 Å². The van der Waals surface area contributed by atoms with Gasteiger partial charge < -0.3 is 15.9 Å². The minimum atomic E-state index is -3.88. The molecule has 17 rings (SSSR count). The third-order valence-corrected chi connectivity index (χ3v) is 25.5. The molecular formula is C87H77N23O16S5. The molecule has 0 amide bonds. The molecule has 0 unspecified atom stereocenters. The number of carbonyl (C=O) groups is 5. The summed E-state index contributed by atoms with van der Waals surface area (Å²) >= 11 is 0. The molecule has 2 aliphatic rings. The molecule has 10 heterocycles. The normalized spacial score (nSPS) is 12.1. The van der Waals surface area contributed by atoms with Gasteiger partial charge in [0.05, 0.1) is 106 Å². The van der Waals surface area contributed by atoms with Crippen LogP contribution in [-0.2, 0) is 75.8 Å². The van der Waals surface area contributed by atoms with Crippen LogP contribution in [0, 0.1) is 24.7 Å². The maximum Gasteiger partial charge on any atom is 0.244 e. The lowest BCUT2D eigenvalue weighted by Gasteiger charge is -2.19. The fraction of sp³-hybridized carbons (Fsp3) is 0.126. The first-order valence-electron chi connectivity index (χ1n) is 38.8. The molecule has 0 radical (unpaired) electrons. The van der Waals surface area contributed by atoms with E-state index in [2.05, 4.69) is 67.2 Å². The van der Waals surface area contributed by atoms with Crippen molar-refractivity contribution in [1.29, 1.82) is 0 Å². The maximum atomic E-state index is 12.9. The van der Waals surface area contributed by atoms with E-state index in [9.17, 15) is 66.1 Å². The Bertz CT molecular complexity index is 7490. The van der Waals surface area contributed by atoms with Crippen LogP contribution in [0.5, 0.6) is 0 Å². The Morgan fingerprint density at radius 3 is 1.08 bits per heavy atom. The third kappa shape index (κ3) is 20.9. The lowest BCUT2D eigenvalue weighted by atomic mass is 9.92. The van der Waals surface area contributed by atoms with Crippen molar-refractivity contribution in [3.63, 3.8) is 0 Å². The molecule has 44 heteroatoms. The van der Waals surface area contributed by atoms with Crippen molar-refractivity contribution >= 4 is 90.9 Å². The summed E-state index contributed by atoms with van der Waals surface area (Å²) in [6.45, 7) is 6.93. The summed E-state index contributed by atoms with van der Waals surface area (Å²) in [5.74, 6) is 4.56. The first-order chi connectivity index (χ1) is 62.1. The third-order valence-electron chi connectivity index (χ3n) is 19.9. The van der Waals surface area contributed by atoms with Crippen LogP contribution in [-0.4, -0.2) is 167 Å². The SMILES string of the molecule is C#CCN(CC#C)S(=O)(=O)c1ccc(-n2nc(C(C)=O)c3c2-c2nc(N)ncc2CC3)cc1.CC(=O)c1cc(-c2cccnc2)n(-c2ccc(S(N)(=O)=O)cc2)n1.CC(=O)c1cc(-c2ccco2)n(-c2ccc(S(N)(=O)=O)cc2)n1.CC(=O)c1cc(-c2ccncc2)n(-c2ccc(S(N)(=O)=O)cc2)n1.CC(=O)c1nn(-c2ccc(S(N)(=O)=O)cc2)c2c1CCc1cnc(N)nc1-2. The van der Waals surface area contributed by atoms with Gasteiger partial charge in [-0.2, -0.15) is 29.8 Å². The van der Waals surface area contributed by atoms with Crippen molar-refractivity contribution in [3.8, 4) is 110 Å². The number of nitrogens with two attached hydrogens (primary N) is 6. The summed E-state index contributed by atoms with van der Waals surface area (Å²) in [5.41, 5.74) is 25.6. The Balaban J connectivity index is 0.000000140. The van der Waals surface area contributed by atoms with Crippen LogP contribution in [0.1, 0.15) is 109 Å². The zero-order valence-corrected chi connectivity index (χ0v) is 73.9. The second-order valence-electron chi connectivity index (χ2n) is 28.9.